The van der Waals surface area contributed by atoms with Crippen molar-refractivity contribution in [3.63, 3.8) is 0 Å². The zero-order chi connectivity index (χ0) is 16.6. The molecule has 2 aliphatic rings. The second kappa shape index (κ2) is 6.37. The van der Waals surface area contributed by atoms with E-state index in [1.165, 1.54) is 10.9 Å². The summed E-state index contributed by atoms with van der Waals surface area (Å²) in [7, 11) is 0. The number of hydrogen-bond acceptors (Lipinski definition) is 3. The lowest BCUT2D eigenvalue weighted by Crippen LogP contribution is -2.51. The van der Waals surface area contributed by atoms with Crippen LogP contribution in [-0.4, -0.2) is 44.2 Å². The Bertz CT molecular complexity index is 585. The highest BCUT2D eigenvalue weighted by atomic mass is 32.2. The third-order valence-electron chi connectivity index (χ3n) is 4.58. The third kappa shape index (κ3) is 3.22. The van der Waals surface area contributed by atoms with Gasteiger partial charge in [0, 0.05) is 36.3 Å². The maximum absolute atomic E-state index is 13.2. The Morgan fingerprint density at radius 1 is 1.39 bits per heavy atom. The molecule has 3 rings (SSSR count). The Hall–Kier alpha value is -1.18. The Labute approximate surface area is 137 Å². The van der Waals surface area contributed by atoms with Gasteiger partial charge >= 0.3 is 6.18 Å². The van der Waals surface area contributed by atoms with Crippen LogP contribution in [0.1, 0.15) is 48.7 Å². The van der Waals surface area contributed by atoms with E-state index in [9.17, 15) is 18.0 Å². The molecule has 4 nitrogen and oxygen atoms in total. The number of halogens is 3. The maximum Gasteiger partial charge on any atom is 0.435 e. The Morgan fingerprint density at radius 3 is 2.83 bits per heavy atom. The van der Waals surface area contributed by atoms with Crippen LogP contribution < -0.4 is 0 Å². The van der Waals surface area contributed by atoms with Gasteiger partial charge in [-0.15, -0.1) is 0 Å². The molecule has 0 N–H and O–H groups in total. The number of aryl methyl sites for hydroxylation is 1. The fourth-order valence-electron chi connectivity index (χ4n) is 3.45. The second-order valence-electron chi connectivity index (χ2n) is 6.00. The number of nitrogens with zero attached hydrogens (tertiary/aromatic N) is 3. The van der Waals surface area contributed by atoms with Crippen LogP contribution in [0.25, 0.3) is 0 Å². The first kappa shape index (κ1) is 16.7. The molecular weight excluding hydrogens is 327 g/mol. The molecular formula is C15H20F3N3OS. The van der Waals surface area contributed by atoms with E-state index in [4.69, 9.17) is 0 Å². The second-order valence-corrected chi connectivity index (χ2v) is 7.35. The van der Waals surface area contributed by atoms with Crippen molar-refractivity contribution in [2.24, 2.45) is 0 Å². The number of carbonyl (C=O) groups excluding carboxylic acids is 1. The van der Waals surface area contributed by atoms with E-state index in [2.05, 4.69) is 5.10 Å². The summed E-state index contributed by atoms with van der Waals surface area (Å²) in [5, 5.41) is 3.92. The molecule has 2 heterocycles. The van der Waals surface area contributed by atoms with E-state index in [0.29, 0.717) is 18.3 Å². The summed E-state index contributed by atoms with van der Waals surface area (Å²) < 4.78 is 40.8. The van der Waals surface area contributed by atoms with Crippen molar-refractivity contribution < 1.29 is 18.0 Å². The molecule has 1 aromatic heterocycles. The van der Waals surface area contributed by atoms with Crippen molar-refractivity contribution in [1.82, 2.24) is 14.7 Å². The highest BCUT2D eigenvalue weighted by Crippen LogP contribution is 2.37. The number of rotatable bonds is 2. The quantitative estimate of drug-likeness (QED) is 0.823. The molecule has 1 amide bonds. The highest BCUT2D eigenvalue weighted by molar-refractivity contribution is 8.00. The minimum absolute atomic E-state index is 0.0565. The topological polar surface area (TPSA) is 38.1 Å². The highest BCUT2D eigenvalue weighted by Gasteiger charge is 2.43. The first-order chi connectivity index (χ1) is 10.9. The monoisotopic (exact) mass is 347 g/mol. The average Bonchev–Trinajstić information content (AvgIpc) is 2.98. The van der Waals surface area contributed by atoms with Crippen LogP contribution in [0.4, 0.5) is 13.2 Å². The van der Waals surface area contributed by atoms with Gasteiger partial charge in [-0.25, -0.2) is 0 Å². The largest absolute Gasteiger partial charge is 0.435 e. The number of carbonyl (C=O) groups is 1. The fourth-order valence-corrected chi connectivity index (χ4v) is 4.90. The minimum Gasteiger partial charge on any atom is -0.334 e. The molecule has 0 bridgehead atoms. The Balaban J connectivity index is 1.91. The van der Waals surface area contributed by atoms with Gasteiger partial charge in [0.05, 0.1) is 5.56 Å². The van der Waals surface area contributed by atoms with Gasteiger partial charge in [-0.2, -0.15) is 30.0 Å². The number of fused-ring (bicyclic) bond motifs is 1. The van der Waals surface area contributed by atoms with E-state index in [0.717, 1.165) is 31.4 Å². The van der Waals surface area contributed by atoms with E-state index in [1.54, 1.807) is 11.8 Å². The third-order valence-corrected chi connectivity index (χ3v) is 5.97. The molecule has 128 valence electrons. The summed E-state index contributed by atoms with van der Waals surface area (Å²) in [5.74, 6) is 0.269. The van der Waals surface area contributed by atoms with Gasteiger partial charge < -0.3 is 4.90 Å². The van der Waals surface area contributed by atoms with Crippen molar-refractivity contribution in [1.29, 1.82) is 0 Å². The van der Waals surface area contributed by atoms with E-state index in [1.807, 2.05) is 11.8 Å². The molecule has 1 saturated heterocycles. The minimum atomic E-state index is -4.61. The van der Waals surface area contributed by atoms with Crippen LogP contribution in [0.15, 0.2) is 6.20 Å². The number of hydrogen-bond donors (Lipinski definition) is 0. The van der Waals surface area contributed by atoms with Crippen LogP contribution in [0.3, 0.4) is 0 Å². The first-order valence-corrected chi connectivity index (χ1v) is 9.04. The maximum atomic E-state index is 13.2. The van der Waals surface area contributed by atoms with Gasteiger partial charge in [-0.1, -0.05) is 12.8 Å². The van der Waals surface area contributed by atoms with Crippen LogP contribution in [0, 0.1) is 0 Å². The summed E-state index contributed by atoms with van der Waals surface area (Å²) >= 11 is 1.85. The van der Waals surface area contributed by atoms with Crippen LogP contribution >= 0.6 is 11.8 Å². The summed E-state index contributed by atoms with van der Waals surface area (Å²) in [5.41, 5.74) is -1.37. The van der Waals surface area contributed by atoms with Crippen LogP contribution in [0.5, 0.6) is 0 Å². The normalized spacial score (nSPS) is 25.3. The predicted octanol–water partition coefficient (Wildman–Crippen LogP) is 3.42. The number of thioether (sulfide) groups is 1. The standard InChI is InChI=1S/C15H20F3N3OS/c1-2-20-9-10(13(19-20)15(16,17)18)14(22)21-7-8-23-12-6-4-3-5-11(12)21/h9,11-12H,2-8H2,1H3. The zero-order valence-corrected chi connectivity index (χ0v) is 13.8. The number of aromatic nitrogens is 2. The molecule has 0 radical (unpaired) electrons. The Morgan fingerprint density at radius 2 is 2.13 bits per heavy atom. The van der Waals surface area contributed by atoms with Crippen molar-refractivity contribution in [3.8, 4) is 0 Å². The van der Waals surface area contributed by atoms with E-state index < -0.39 is 17.8 Å². The lowest BCUT2D eigenvalue weighted by Gasteiger charge is -2.43. The fraction of sp³-hybridized carbons (Fsp3) is 0.733. The van der Waals surface area contributed by atoms with Gasteiger partial charge in [0.1, 0.15) is 0 Å². The van der Waals surface area contributed by atoms with Crippen molar-refractivity contribution >= 4 is 17.7 Å². The van der Waals surface area contributed by atoms with Gasteiger partial charge in [-0.3, -0.25) is 9.48 Å². The molecule has 1 aliphatic heterocycles. The van der Waals surface area contributed by atoms with Gasteiger partial charge in [0.2, 0.25) is 0 Å². The average molecular weight is 347 g/mol. The summed E-state index contributed by atoms with van der Waals surface area (Å²) in [6, 6.07) is 0.0565. The summed E-state index contributed by atoms with van der Waals surface area (Å²) in [4.78, 5) is 14.5. The van der Waals surface area contributed by atoms with Crippen molar-refractivity contribution in [3.05, 3.63) is 17.5 Å². The molecule has 0 spiro atoms. The lowest BCUT2D eigenvalue weighted by atomic mass is 9.92. The SMILES string of the molecule is CCn1cc(C(=O)N2CCSC3CCCCC32)c(C(F)(F)F)n1. The molecule has 2 fully saturated rings. The number of alkyl halides is 3. The summed E-state index contributed by atoms with van der Waals surface area (Å²) in [6.45, 7) is 2.52. The summed E-state index contributed by atoms with van der Waals surface area (Å²) in [6.07, 6.45) is 0.725. The number of amides is 1. The van der Waals surface area contributed by atoms with Gasteiger partial charge in [0.25, 0.3) is 5.91 Å². The van der Waals surface area contributed by atoms with E-state index >= 15 is 0 Å². The Kier molecular flexibility index (Phi) is 4.62. The van der Waals surface area contributed by atoms with Crippen LogP contribution in [-0.2, 0) is 12.7 Å². The predicted molar refractivity (Wildman–Crippen MR) is 82.4 cm³/mol. The molecule has 23 heavy (non-hydrogen) atoms. The lowest BCUT2D eigenvalue weighted by molar-refractivity contribution is -0.141. The van der Waals surface area contributed by atoms with Crippen molar-refractivity contribution in [2.75, 3.05) is 12.3 Å². The van der Waals surface area contributed by atoms with Crippen LogP contribution in [0.2, 0.25) is 0 Å². The molecule has 1 saturated carbocycles. The first-order valence-electron chi connectivity index (χ1n) is 7.99. The zero-order valence-electron chi connectivity index (χ0n) is 13.0. The smallest absolute Gasteiger partial charge is 0.334 e. The molecule has 2 unspecified atom stereocenters. The van der Waals surface area contributed by atoms with Crippen molar-refractivity contribution in [2.45, 2.75) is 56.6 Å². The molecule has 8 heteroatoms. The van der Waals surface area contributed by atoms with Gasteiger partial charge in [0.15, 0.2) is 5.69 Å². The molecule has 1 aromatic rings. The molecule has 1 aliphatic carbocycles. The van der Waals surface area contributed by atoms with E-state index in [-0.39, 0.29) is 11.6 Å². The molecule has 0 aromatic carbocycles. The van der Waals surface area contributed by atoms with Gasteiger partial charge in [-0.05, 0) is 19.8 Å². The molecule has 2 atom stereocenters.